The van der Waals surface area contributed by atoms with Crippen LogP contribution in [0.2, 0.25) is 0 Å². The smallest absolute Gasteiger partial charge is 0.730 e. The molecule has 1 aromatic carbocycles. The summed E-state index contributed by atoms with van der Waals surface area (Å²) in [5.41, 5.74) is -0.00681. The molecule has 1 rings (SSSR count). The molecule has 7 nitrogen and oxygen atoms in total. The molecule has 0 aliphatic carbocycles. The SMILES string of the molecule is COc1ccc(N(N)S(=O)(=O)[O-])cc1OC.[Na+]. The summed E-state index contributed by atoms with van der Waals surface area (Å²) in [6.07, 6.45) is 0. The maximum atomic E-state index is 10.7. The predicted octanol–water partition coefficient (Wildman–Crippen LogP) is -3.15. The van der Waals surface area contributed by atoms with Gasteiger partial charge in [-0.15, -0.1) is 0 Å². The average Bonchev–Trinajstić information content (AvgIpc) is 2.25. The van der Waals surface area contributed by atoms with E-state index in [1.807, 2.05) is 0 Å². The molecule has 1 aromatic rings. The number of ether oxygens (including phenoxy) is 2. The molecule has 0 bridgehead atoms. The minimum absolute atomic E-state index is 0. The van der Waals surface area contributed by atoms with Crippen molar-refractivity contribution in [3.05, 3.63) is 18.2 Å². The van der Waals surface area contributed by atoms with Gasteiger partial charge in [0.15, 0.2) is 21.8 Å². The van der Waals surface area contributed by atoms with Gasteiger partial charge in [0.2, 0.25) is 0 Å². The molecule has 0 saturated heterocycles. The van der Waals surface area contributed by atoms with Crippen molar-refractivity contribution in [2.75, 3.05) is 18.6 Å². The molecule has 17 heavy (non-hydrogen) atoms. The molecule has 0 aliphatic heterocycles. The van der Waals surface area contributed by atoms with Gasteiger partial charge in [0.05, 0.1) is 19.9 Å². The monoisotopic (exact) mass is 270 g/mol. The summed E-state index contributed by atoms with van der Waals surface area (Å²) in [5, 5.41) is 0. The predicted molar refractivity (Wildman–Crippen MR) is 55.9 cm³/mol. The molecule has 0 aromatic heterocycles. The van der Waals surface area contributed by atoms with Gasteiger partial charge in [-0.2, -0.15) is 0 Å². The number of anilines is 1. The second kappa shape index (κ2) is 6.43. The molecule has 0 radical (unpaired) electrons. The second-order valence-corrected chi connectivity index (χ2v) is 4.04. The molecule has 0 heterocycles. The van der Waals surface area contributed by atoms with Crippen molar-refractivity contribution in [2.45, 2.75) is 0 Å². The van der Waals surface area contributed by atoms with E-state index >= 15 is 0 Å². The van der Waals surface area contributed by atoms with Crippen molar-refractivity contribution >= 4 is 16.0 Å². The Labute approximate surface area is 122 Å². The van der Waals surface area contributed by atoms with Gasteiger partial charge in [-0.1, -0.05) is 0 Å². The molecule has 90 valence electrons. The fourth-order valence-corrected chi connectivity index (χ4v) is 1.46. The number of benzene rings is 1. The maximum Gasteiger partial charge on any atom is 1.00 e. The van der Waals surface area contributed by atoms with Crippen LogP contribution in [0, 0.1) is 0 Å². The number of nitrogens with two attached hydrogens (primary N) is 1. The Bertz CT molecular complexity index is 479. The van der Waals surface area contributed by atoms with Crippen molar-refractivity contribution in [3.63, 3.8) is 0 Å². The van der Waals surface area contributed by atoms with E-state index in [-0.39, 0.29) is 45.4 Å². The molecule has 9 heteroatoms. The van der Waals surface area contributed by atoms with E-state index in [1.54, 1.807) is 0 Å². The van der Waals surface area contributed by atoms with Gasteiger partial charge in [0.1, 0.15) is 0 Å². The minimum Gasteiger partial charge on any atom is -0.730 e. The third-order valence-electron chi connectivity index (χ3n) is 1.86. The summed E-state index contributed by atoms with van der Waals surface area (Å²) >= 11 is 0. The molecule has 2 N–H and O–H groups in total. The van der Waals surface area contributed by atoms with Crippen LogP contribution in [0.3, 0.4) is 0 Å². The third-order valence-corrected chi connectivity index (χ3v) is 2.56. The van der Waals surface area contributed by atoms with Crippen LogP contribution in [0.15, 0.2) is 18.2 Å². The number of methoxy groups -OCH3 is 2. The van der Waals surface area contributed by atoms with Crippen LogP contribution < -0.4 is 49.3 Å². The van der Waals surface area contributed by atoms with Gasteiger partial charge in [0.25, 0.3) is 0 Å². The van der Waals surface area contributed by atoms with Gasteiger partial charge in [0, 0.05) is 6.07 Å². The first kappa shape index (κ1) is 16.5. The van der Waals surface area contributed by atoms with E-state index in [2.05, 4.69) is 0 Å². The zero-order valence-corrected chi connectivity index (χ0v) is 12.5. The van der Waals surface area contributed by atoms with Gasteiger partial charge in [-0.05, 0) is 12.1 Å². The third kappa shape index (κ3) is 4.02. The van der Waals surface area contributed by atoms with E-state index in [4.69, 9.17) is 15.3 Å². The molecule has 0 saturated carbocycles. The van der Waals surface area contributed by atoms with Crippen molar-refractivity contribution in [1.82, 2.24) is 0 Å². The normalized spacial score (nSPS) is 10.4. The molecule has 0 amide bonds. The zero-order chi connectivity index (χ0) is 12.3. The molecule has 0 aliphatic rings. The van der Waals surface area contributed by atoms with Crippen LogP contribution in [0.4, 0.5) is 5.69 Å². The summed E-state index contributed by atoms with van der Waals surface area (Å²) < 4.78 is 42.0. The van der Waals surface area contributed by atoms with Crippen molar-refractivity contribution in [2.24, 2.45) is 5.84 Å². The Hall–Kier alpha value is -0.510. The Morgan fingerprint density at radius 1 is 1.24 bits per heavy atom. The van der Waals surface area contributed by atoms with Crippen LogP contribution in [0.5, 0.6) is 11.5 Å². The number of hydrazine groups is 1. The molecule has 0 spiro atoms. The van der Waals surface area contributed by atoms with Gasteiger partial charge in [-0.3, -0.25) is 0 Å². The zero-order valence-electron chi connectivity index (χ0n) is 9.71. The van der Waals surface area contributed by atoms with E-state index in [1.165, 1.54) is 32.4 Å². The topological polar surface area (TPSA) is 105 Å². The van der Waals surface area contributed by atoms with Crippen molar-refractivity contribution < 1.29 is 52.0 Å². The standard InChI is InChI=1S/C8H12N2O5S.Na/c1-14-7-4-3-6(5-8(7)15-2)10(9)16(11,12)13;/h3-5H,9H2,1-2H3,(H,11,12,13);/q;+1/p-1. The summed E-state index contributed by atoms with van der Waals surface area (Å²) in [7, 11) is -1.92. The van der Waals surface area contributed by atoms with Crippen LogP contribution >= 0.6 is 0 Å². The summed E-state index contributed by atoms with van der Waals surface area (Å²) in [6.45, 7) is 0. The van der Waals surface area contributed by atoms with Crippen LogP contribution in [0.1, 0.15) is 0 Å². The fourth-order valence-electron chi connectivity index (χ4n) is 1.09. The molecule has 0 fully saturated rings. The first-order chi connectivity index (χ1) is 7.40. The number of hydrogen-bond donors (Lipinski definition) is 1. The fraction of sp³-hybridized carbons (Fsp3) is 0.250. The van der Waals surface area contributed by atoms with Crippen LogP contribution in [-0.4, -0.2) is 27.2 Å². The first-order valence-electron chi connectivity index (χ1n) is 4.13. The number of hydrogen-bond acceptors (Lipinski definition) is 6. The van der Waals surface area contributed by atoms with Gasteiger partial charge in [-0.25, -0.2) is 18.7 Å². The average molecular weight is 270 g/mol. The number of nitrogens with zero attached hydrogens (tertiary/aromatic N) is 1. The van der Waals surface area contributed by atoms with Crippen LogP contribution in [-0.2, 0) is 10.3 Å². The Morgan fingerprint density at radius 2 is 1.76 bits per heavy atom. The van der Waals surface area contributed by atoms with Crippen molar-refractivity contribution in [3.8, 4) is 11.5 Å². The van der Waals surface area contributed by atoms with E-state index < -0.39 is 10.3 Å². The molecular formula is C8H11N2NaO5S. The maximum absolute atomic E-state index is 10.7. The van der Waals surface area contributed by atoms with Crippen LogP contribution in [0.25, 0.3) is 0 Å². The number of rotatable bonds is 4. The van der Waals surface area contributed by atoms with Crippen molar-refractivity contribution in [1.29, 1.82) is 0 Å². The summed E-state index contributed by atoms with van der Waals surface area (Å²) in [6, 6.07) is 4.06. The minimum atomic E-state index is -4.74. The van der Waals surface area contributed by atoms with E-state index in [0.717, 1.165) is 0 Å². The Balaban J connectivity index is 0.00000256. The molecule has 0 unspecified atom stereocenters. The van der Waals surface area contributed by atoms with Gasteiger partial charge < -0.3 is 14.0 Å². The largest absolute Gasteiger partial charge is 1.00 e. The molecular weight excluding hydrogens is 259 g/mol. The molecule has 0 atom stereocenters. The quantitative estimate of drug-likeness (QED) is 0.268. The van der Waals surface area contributed by atoms with E-state index in [9.17, 15) is 13.0 Å². The second-order valence-electron chi connectivity index (χ2n) is 2.79. The van der Waals surface area contributed by atoms with Gasteiger partial charge >= 0.3 is 29.6 Å². The summed E-state index contributed by atoms with van der Waals surface area (Å²) in [5.74, 6) is 5.81. The Morgan fingerprint density at radius 3 is 2.18 bits per heavy atom. The first-order valence-corrected chi connectivity index (χ1v) is 5.49. The summed E-state index contributed by atoms with van der Waals surface area (Å²) in [4.78, 5) is 0. The Kier molecular flexibility index (Phi) is 6.24. The van der Waals surface area contributed by atoms with E-state index in [0.29, 0.717) is 5.75 Å².